The zero-order chi connectivity index (χ0) is 11.3. The van der Waals surface area contributed by atoms with Crippen molar-refractivity contribution in [3.05, 3.63) is 0 Å². The van der Waals surface area contributed by atoms with Gasteiger partial charge >= 0.3 is 5.97 Å². The molecule has 1 aliphatic carbocycles. The van der Waals surface area contributed by atoms with E-state index >= 15 is 0 Å². The highest BCUT2D eigenvalue weighted by atomic mass is 16.5. The molecule has 1 unspecified atom stereocenters. The van der Waals surface area contributed by atoms with Crippen molar-refractivity contribution in [2.24, 2.45) is 5.92 Å². The van der Waals surface area contributed by atoms with Crippen LogP contribution in [0.2, 0.25) is 0 Å². The molecule has 84 valence electrons. The van der Waals surface area contributed by atoms with Crippen LogP contribution < -0.4 is 0 Å². The second kappa shape index (κ2) is 5.63. The molecule has 0 amide bonds. The van der Waals surface area contributed by atoms with Gasteiger partial charge in [-0.05, 0) is 19.8 Å². The lowest BCUT2D eigenvalue weighted by Gasteiger charge is -2.18. The first-order chi connectivity index (χ1) is 7.13. The summed E-state index contributed by atoms with van der Waals surface area (Å²) in [4.78, 5) is 33.4. The summed E-state index contributed by atoms with van der Waals surface area (Å²) in [6.07, 6.45) is 1.91. The van der Waals surface area contributed by atoms with Gasteiger partial charge in [0.15, 0.2) is 0 Å². The summed E-state index contributed by atoms with van der Waals surface area (Å²) >= 11 is 0. The van der Waals surface area contributed by atoms with Gasteiger partial charge in [-0.2, -0.15) is 0 Å². The normalized spacial score (nSPS) is 21.5. The molecule has 0 bridgehead atoms. The second-order valence-corrected chi connectivity index (χ2v) is 3.76. The number of esters is 1. The van der Waals surface area contributed by atoms with E-state index in [4.69, 9.17) is 4.74 Å². The van der Waals surface area contributed by atoms with Gasteiger partial charge in [0, 0.05) is 18.8 Å². The maximum Gasteiger partial charge on any atom is 0.305 e. The minimum Gasteiger partial charge on any atom is -0.466 e. The first-order valence-corrected chi connectivity index (χ1v) is 5.33. The molecule has 0 spiro atoms. The molecule has 0 heterocycles. The van der Waals surface area contributed by atoms with Crippen molar-refractivity contribution in [2.75, 3.05) is 6.61 Å². The Morgan fingerprint density at radius 1 is 1.47 bits per heavy atom. The molecule has 0 aromatic rings. The van der Waals surface area contributed by atoms with Crippen LogP contribution in [0.3, 0.4) is 0 Å². The molecule has 0 aliphatic heterocycles. The van der Waals surface area contributed by atoms with E-state index in [2.05, 4.69) is 0 Å². The molecule has 0 N–H and O–H groups in total. The number of Topliss-reactive ketones (excluding diaryl/α,β-unsaturated/α-hetero) is 2. The van der Waals surface area contributed by atoms with Crippen LogP contribution in [0.15, 0.2) is 0 Å². The molecule has 0 aromatic heterocycles. The highest BCUT2D eigenvalue weighted by Crippen LogP contribution is 2.22. The molecule has 0 saturated heterocycles. The fourth-order valence-electron chi connectivity index (χ4n) is 1.75. The summed E-state index contributed by atoms with van der Waals surface area (Å²) in [6, 6.07) is 0. The number of carbonyl (C=O) groups is 3. The molecule has 1 aliphatic rings. The van der Waals surface area contributed by atoms with Crippen LogP contribution in [0, 0.1) is 5.92 Å². The summed E-state index contributed by atoms with van der Waals surface area (Å²) in [6.45, 7) is 2.12. The highest BCUT2D eigenvalue weighted by Gasteiger charge is 2.27. The Bertz CT molecular complexity index is 270. The minimum atomic E-state index is -0.262. The van der Waals surface area contributed by atoms with E-state index in [9.17, 15) is 14.4 Å². The molecule has 4 heteroatoms. The molecule has 1 rings (SSSR count). The molecule has 1 atom stereocenters. The molecular formula is C11H16O4. The molecule has 1 fully saturated rings. The summed E-state index contributed by atoms with van der Waals surface area (Å²) in [7, 11) is 0. The standard InChI is InChI=1S/C11H16O4/c1-2-15-11(14)6-4-8-3-5-9(12)7-10(8)13/h8H,2-7H2,1H3. The SMILES string of the molecule is CCOC(=O)CCC1CCC(=O)CC1=O. The van der Waals surface area contributed by atoms with Crippen molar-refractivity contribution in [1.29, 1.82) is 0 Å². The second-order valence-electron chi connectivity index (χ2n) is 3.76. The van der Waals surface area contributed by atoms with E-state index in [0.29, 0.717) is 25.9 Å². The fourth-order valence-corrected chi connectivity index (χ4v) is 1.75. The van der Waals surface area contributed by atoms with Gasteiger partial charge in [-0.25, -0.2) is 0 Å². The van der Waals surface area contributed by atoms with Crippen molar-refractivity contribution in [2.45, 2.75) is 39.0 Å². The Morgan fingerprint density at radius 3 is 2.80 bits per heavy atom. The topological polar surface area (TPSA) is 60.4 Å². The summed E-state index contributed by atoms with van der Waals surface area (Å²) in [5, 5.41) is 0. The average molecular weight is 212 g/mol. The van der Waals surface area contributed by atoms with Gasteiger partial charge in [-0.3, -0.25) is 14.4 Å². The Morgan fingerprint density at radius 2 is 2.20 bits per heavy atom. The van der Waals surface area contributed by atoms with E-state index in [0.717, 1.165) is 0 Å². The number of hydrogen-bond donors (Lipinski definition) is 0. The van der Waals surface area contributed by atoms with E-state index in [1.165, 1.54) is 0 Å². The largest absolute Gasteiger partial charge is 0.466 e. The van der Waals surface area contributed by atoms with Crippen LogP contribution in [0.25, 0.3) is 0 Å². The Hall–Kier alpha value is -1.19. The van der Waals surface area contributed by atoms with E-state index in [1.54, 1.807) is 6.92 Å². The first kappa shape index (κ1) is 11.9. The minimum absolute atomic E-state index is 0.0180. The third-order valence-electron chi connectivity index (χ3n) is 2.60. The van der Waals surface area contributed by atoms with Crippen LogP contribution in [0.5, 0.6) is 0 Å². The van der Waals surface area contributed by atoms with Crippen molar-refractivity contribution in [3.63, 3.8) is 0 Å². The van der Waals surface area contributed by atoms with E-state index in [-0.39, 0.29) is 36.3 Å². The molecule has 4 nitrogen and oxygen atoms in total. The lowest BCUT2D eigenvalue weighted by Crippen LogP contribution is -2.25. The summed E-state index contributed by atoms with van der Waals surface area (Å²) in [5.41, 5.74) is 0. The van der Waals surface area contributed by atoms with Crippen LogP contribution in [-0.2, 0) is 19.1 Å². The molecule has 15 heavy (non-hydrogen) atoms. The predicted octanol–water partition coefficient (Wildman–Crippen LogP) is 1.27. The van der Waals surface area contributed by atoms with Crippen LogP contribution in [0.1, 0.15) is 39.0 Å². The van der Waals surface area contributed by atoms with E-state index < -0.39 is 0 Å². The van der Waals surface area contributed by atoms with Gasteiger partial charge in [0.05, 0.1) is 13.0 Å². The number of ether oxygens (including phenoxy) is 1. The highest BCUT2D eigenvalue weighted by molar-refractivity contribution is 6.02. The third-order valence-corrected chi connectivity index (χ3v) is 2.60. The van der Waals surface area contributed by atoms with Crippen molar-refractivity contribution in [3.8, 4) is 0 Å². The van der Waals surface area contributed by atoms with Gasteiger partial charge in [0.25, 0.3) is 0 Å². The quantitative estimate of drug-likeness (QED) is 0.520. The lowest BCUT2D eigenvalue weighted by atomic mass is 9.84. The average Bonchev–Trinajstić information content (AvgIpc) is 2.17. The van der Waals surface area contributed by atoms with E-state index in [1.807, 2.05) is 0 Å². The smallest absolute Gasteiger partial charge is 0.305 e. The summed E-state index contributed by atoms with van der Waals surface area (Å²) < 4.78 is 4.77. The Labute approximate surface area is 89.0 Å². The number of ketones is 2. The van der Waals surface area contributed by atoms with Crippen molar-refractivity contribution < 1.29 is 19.1 Å². The zero-order valence-electron chi connectivity index (χ0n) is 8.95. The van der Waals surface area contributed by atoms with Crippen molar-refractivity contribution >= 4 is 17.5 Å². The zero-order valence-corrected chi connectivity index (χ0v) is 8.95. The monoisotopic (exact) mass is 212 g/mol. The predicted molar refractivity (Wildman–Crippen MR) is 53.2 cm³/mol. The molecule has 1 saturated carbocycles. The Kier molecular flexibility index (Phi) is 4.46. The van der Waals surface area contributed by atoms with Crippen LogP contribution >= 0.6 is 0 Å². The summed E-state index contributed by atoms with van der Waals surface area (Å²) in [5.74, 6) is -0.378. The molecular weight excluding hydrogens is 196 g/mol. The lowest BCUT2D eigenvalue weighted by molar-refractivity contribution is -0.143. The van der Waals surface area contributed by atoms with Crippen molar-refractivity contribution in [1.82, 2.24) is 0 Å². The fraction of sp³-hybridized carbons (Fsp3) is 0.727. The Balaban J connectivity index is 2.29. The maximum atomic E-state index is 11.4. The van der Waals surface area contributed by atoms with Gasteiger partial charge < -0.3 is 4.74 Å². The van der Waals surface area contributed by atoms with Crippen LogP contribution in [0.4, 0.5) is 0 Å². The van der Waals surface area contributed by atoms with Gasteiger partial charge in [-0.15, -0.1) is 0 Å². The van der Waals surface area contributed by atoms with Gasteiger partial charge in [0.1, 0.15) is 11.6 Å². The maximum absolute atomic E-state index is 11.4. The molecule has 0 aromatic carbocycles. The van der Waals surface area contributed by atoms with Gasteiger partial charge in [-0.1, -0.05) is 0 Å². The third kappa shape index (κ3) is 3.81. The number of rotatable bonds is 4. The van der Waals surface area contributed by atoms with Gasteiger partial charge in [0.2, 0.25) is 0 Å². The number of carbonyl (C=O) groups excluding carboxylic acids is 3. The first-order valence-electron chi connectivity index (χ1n) is 5.33. The number of hydrogen-bond acceptors (Lipinski definition) is 4. The molecule has 0 radical (unpaired) electrons. The van der Waals surface area contributed by atoms with Crippen LogP contribution in [-0.4, -0.2) is 24.1 Å².